The van der Waals surface area contributed by atoms with Crippen molar-refractivity contribution in [2.24, 2.45) is 5.73 Å². The van der Waals surface area contributed by atoms with Crippen LogP contribution in [0.2, 0.25) is 0 Å². The van der Waals surface area contributed by atoms with Gasteiger partial charge in [0.05, 0.1) is 11.4 Å². The highest BCUT2D eigenvalue weighted by molar-refractivity contribution is 7.89. The van der Waals surface area contributed by atoms with Crippen LogP contribution < -0.4 is 5.73 Å². The normalized spacial score (nSPS) is 30.1. The van der Waals surface area contributed by atoms with Gasteiger partial charge in [-0.15, -0.1) is 0 Å². The largest absolute Gasteiger partial charge is 0.390 e. The quantitative estimate of drug-likeness (QED) is 0.692. The average molecular weight is 236 g/mol. The Balaban J connectivity index is 2.66. The molecule has 1 saturated heterocycles. The predicted octanol–water partition coefficient (Wildman–Crippen LogP) is -0.488. The van der Waals surface area contributed by atoms with Crippen LogP contribution >= 0.6 is 0 Å². The van der Waals surface area contributed by atoms with Gasteiger partial charge >= 0.3 is 0 Å². The molecule has 0 spiro atoms. The lowest BCUT2D eigenvalue weighted by atomic mass is 9.98. The average Bonchev–Trinajstić information content (AvgIpc) is 2.26. The summed E-state index contributed by atoms with van der Waals surface area (Å²) in [4.78, 5) is 0. The smallest absolute Gasteiger partial charge is 0.215 e. The van der Waals surface area contributed by atoms with Crippen molar-refractivity contribution < 1.29 is 13.5 Å². The Kier molecular flexibility index (Phi) is 4.11. The first-order chi connectivity index (χ1) is 6.87. The zero-order valence-electron chi connectivity index (χ0n) is 9.15. The number of aliphatic hydroxyl groups is 1. The fourth-order valence-corrected chi connectivity index (χ4v) is 3.13. The van der Waals surface area contributed by atoms with Crippen LogP contribution in [0.4, 0.5) is 0 Å². The van der Waals surface area contributed by atoms with Crippen LogP contribution in [0, 0.1) is 0 Å². The number of hydrogen-bond acceptors (Lipinski definition) is 4. The van der Waals surface area contributed by atoms with Crippen LogP contribution in [0.15, 0.2) is 0 Å². The van der Waals surface area contributed by atoms with Crippen molar-refractivity contribution in [3.63, 3.8) is 0 Å². The molecule has 1 rings (SSSR count). The fourth-order valence-electron chi connectivity index (χ4n) is 1.79. The third kappa shape index (κ3) is 3.71. The van der Waals surface area contributed by atoms with E-state index in [9.17, 15) is 13.5 Å². The molecule has 0 aromatic heterocycles. The summed E-state index contributed by atoms with van der Waals surface area (Å²) in [6, 6.07) is 0. The Labute approximate surface area is 91.3 Å². The maximum Gasteiger partial charge on any atom is 0.215 e. The molecule has 0 amide bonds. The van der Waals surface area contributed by atoms with Crippen LogP contribution in [0.5, 0.6) is 0 Å². The minimum atomic E-state index is -3.21. The highest BCUT2D eigenvalue weighted by Gasteiger charge is 2.29. The summed E-state index contributed by atoms with van der Waals surface area (Å²) in [5, 5.41) is 9.82. The summed E-state index contributed by atoms with van der Waals surface area (Å²) >= 11 is 0. The zero-order chi connectivity index (χ0) is 11.5. The molecule has 0 bridgehead atoms. The van der Waals surface area contributed by atoms with Gasteiger partial charge in [-0.3, -0.25) is 0 Å². The number of hydrogen-bond donors (Lipinski definition) is 2. The van der Waals surface area contributed by atoms with Gasteiger partial charge in [0.2, 0.25) is 10.0 Å². The van der Waals surface area contributed by atoms with Gasteiger partial charge in [0, 0.05) is 19.6 Å². The third-order valence-electron chi connectivity index (χ3n) is 2.79. The molecule has 0 aliphatic carbocycles. The van der Waals surface area contributed by atoms with Crippen LogP contribution in [0.25, 0.3) is 0 Å². The van der Waals surface area contributed by atoms with E-state index in [1.165, 1.54) is 4.31 Å². The summed E-state index contributed by atoms with van der Waals surface area (Å²) in [5.74, 6) is -0.00482. The van der Waals surface area contributed by atoms with E-state index >= 15 is 0 Å². The van der Waals surface area contributed by atoms with Crippen molar-refractivity contribution in [1.29, 1.82) is 0 Å². The lowest BCUT2D eigenvalue weighted by molar-refractivity contribution is 0.0465. The summed E-state index contributed by atoms with van der Waals surface area (Å²) in [5.41, 5.74) is 4.53. The lowest BCUT2D eigenvalue weighted by Gasteiger charge is -2.22. The van der Waals surface area contributed by atoms with E-state index in [1.54, 1.807) is 6.92 Å². The minimum Gasteiger partial charge on any atom is -0.390 e. The van der Waals surface area contributed by atoms with Crippen molar-refractivity contribution in [2.45, 2.75) is 31.8 Å². The second-order valence-electron chi connectivity index (χ2n) is 4.35. The zero-order valence-corrected chi connectivity index (χ0v) is 9.96. The molecule has 0 radical (unpaired) electrons. The van der Waals surface area contributed by atoms with Gasteiger partial charge in [0.15, 0.2) is 0 Å². The van der Waals surface area contributed by atoms with Gasteiger partial charge in [-0.2, -0.15) is 0 Å². The van der Waals surface area contributed by atoms with E-state index in [-0.39, 0.29) is 12.3 Å². The molecule has 3 N–H and O–H groups in total. The molecule has 0 aromatic rings. The van der Waals surface area contributed by atoms with Gasteiger partial charge in [-0.05, 0) is 26.2 Å². The Hall–Kier alpha value is -0.170. The van der Waals surface area contributed by atoms with E-state index < -0.39 is 15.6 Å². The maximum atomic E-state index is 11.7. The second kappa shape index (κ2) is 4.78. The first-order valence-electron chi connectivity index (χ1n) is 5.28. The maximum absolute atomic E-state index is 11.7. The van der Waals surface area contributed by atoms with E-state index in [0.29, 0.717) is 32.4 Å². The van der Waals surface area contributed by atoms with E-state index in [4.69, 9.17) is 5.73 Å². The summed E-state index contributed by atoms with van der Waals surface area (Å²) in [7, 11) is -3.21. The molecule has 15 heavy (non-hydrogen) atoms. The molecule has 0 aromatic carbocycles. The molecule has 1 aliphatic heterocycles. The summed E-state index contributed by atoms with van der Waals surface area (Å²) < 4.78 is 24.9. The first kappa shape index (κ1) is 12.9. The standard InChI is InChI=1S/C9H20N2O3S/c1-9(12)3-2-6-11(7-4-9)15(13,14)8-5-10/h12H,2-8,10H2,1H3. The molecular weight excluding hydrogens is 216 g/mol. The molecule has 1 heterocycles. The van der Waals surface area contributed by atoms with E-state index in [1.807, 2.05) is 0 Å². The SMILES string of the molecule is CC1(O)CCCN(S(=O)(=O)CCN)CC1. The Morgan fingerprint density at radius 2 is 2.07 bits per heavy atom. The summed E-state index contributed by atoms with van der Waals surface area (Å²) in [6.07, 6.45) is 1.86. The fraction of sp³-hybridized carbons (Fsp3) is 1.00. The van der Waals surface area contributed by atoms with E-state index in [2.05, 4.69) is 0 Å². The minimum absolute atomic E-state index is 0.00482. The van der Waals surface area contributed by atoms with Crippen molar-refractivity contribution in [1.82, 2.24) is 4.31 Å². The van der Waals surface area contributed by atoms with Crippen molar-refractivity contribution in [3.05, 3.63) is 0 Å². The van der Waals surface area contributed by atoms with Crippen LogP contribution in [-0.2, 0) is 10.0 Å². The Bertz CT molecular complexity index is 300. The molecule has 0 saturated carbocycles. The van der Waals surface area contributed by atoms with Crippen LogP contribution in [0.3, 0.4) is 0 Å². The van der Waals surface area contributed by atoms with Gasteiger partial charge < -0.3 is 10.8 Å². The number of nitrogens with two attached hydrogens (primary N) is 1. The number of nitrogens with zero attached hydrogens (tertiary/aromatic N) is 1. The van der Waals surface area contributed by atoms with Crippen molar-refractivity contribution >= 4 is 10.0 Å². The van der Waals surface area contributed by atoms with Crippen LogP contribution in [0.1, 0.15) is 26.2 Å². The topological polar surface area (TPSA) is 83.6 Å². The Morgan fingerprint density at radius 1 is 1.40 bits per heavy atom. The molecule has 6 heteroatoms. The molecule has 1 unspecified atom stereocenters. The molecular formula is C9H20N2O3S. The Morgan fingerprint density at radius 3 is 2.67 bits per heavy atom. The van der Waals surface area contributed by atoms with Gasteiger partial charge in [0.1, 0.15) is 0 Å². The van der Waals surface area contributed by atoms with Gasteiger partial charge in [-0.1, -0.05) is 0 Å². The van der Waals surface area contributed by atoms with Crippen molar-refractivity contribution in [3.8, 4) is 0 Å². The molecule has 5 nitrogen and oxygen atoms in total. The molecule has 1 fully saturated rings. The lowest BCUT2D eigenvalue weighted by Crippen LogP contribution is -2.36. The highest BCUT2D eigenvalue weighted by Crippen LogP contribution is 2.22. The molecule has 90 valence electrons. The number of sulfonamides is 1. The first-order valence-corrected chi connectivity index (χ1v) is 6.89. The van der Waals surface area contributed by atoms with Gasteiger partial charge in [0.25, 0.3) is 0 Å². The van der Waals surface area contributed by atoms with Crippen LogP contribution in [-0.4, -0.2) is 48.8 Å². The van der Waals surface area contributed by atoms with E-state index in [0.717, 1.165) is 0 Å². The third-order valence-corrected chi connectivity index (χ3v) is 4.70. The van der Waals surface area contributed by atoms with Crippen molar-refractivity contribution in [2.75, 3.05) is 25.4 Å². The monoisotopic (exact) mass is 236 g/mol. The predicted molar refractivity (Wildman–Crippen MR) is 58.9 cm³/mol. The molecule has 1 aliphatic rings. The number of rotatable bonds is 3. The second-order valence-corrected chi connectivity index (χ2v) is 6.44. The molecule has 1 atom stereocenters. The highest BCUT2D eigenvalue weighted by atomic mass is 32.2. The summed E-state index contributed by atoms with van der Waals surface area (Å²) in [6.45, 7) is 2.80. The van der Waals surface area contributed by atoms with Gasteiger partial charge in [-0.25, -0.2) is 12.7 Å².